The molecule has 0 spiro atoms. The van der Waals surface area contributed by atoms with Gasteiger partial charge in [0.15, 0.2) is 0 Å². The minimum atomic E-state index is -0.493. The normalized spacial score (nSPS) is 13.4. The van der Waals surface area contributed by atoms with Crippen LogP contribution in [0.1, 0.15) is 10.4 Å². The number of hydrogen-bond acceptors (Lipinski definition) is 7. The number of nitro benzene ring substituents is 1. The van der Waals surface area contributed by atoms with E-state index in [9.17, 15) is 14.9 Å². The van der Waals surface area contributed by atoms with E-state index in [0.717, 1.165) is 35.6 Å². The molecule has 180 valence electrons. The number of pyridine rings is 2. The highest BCUT2D eigenvalue weighted by Crippen LogP contribution is 2.31. The summed E-state index contributed by atoms with van der Waals surface area (Å²) in [5.41, 5.74) is 10.3. The van der Waals surface area contributed by atoms with Gasteiger partial charge in [-0.3, -0.25) is 14.9 Å². The van der Waals surface area contributed by atoms with Crippen molar-refractivity contribution in [2.75, 3.05) is 31.2 Å². The van der Waals surface area contributed by atoms with Crippen LogP contribution in [0, 0.1) is 10.1 Å². The molecule has 36 heavy (non-hydrogen) atoms. The highest BCUT2D eigenvalue weighted by molar-refractivity contribution is 5.93. The molecule has 0 bridgehead atoms. The first-order valence-electron chi connectivity index (χ1n) is 11.5. The number of nitrogens with two attached hydrogens (primary N) is 1. The number of rotatable bonds is 6. The van der Waals surface area contributed by atoms with Gasteiger partial charge in [-0.25, -0.2) is 9.97 Å². The number of benzene rings is 2. The van der Waals surface area contributed by atoms with Crippen molar-refractivity contribution in [2.45, 2.75) is 0 Å². The first-order valence-corrected chi connectivity index (χ1v) is 11.5. The number of carbonyl (C=O) groups is 1. The summed E-state index contributed by atoms with van der Waals surface area (Å²) >= 11 is 0. The first-order chi connectivity index (χ1) is 17.5. The molecule has 3 heterocycles. The summed E-state index contributed by atoms with van der Waals surface area (Å²) < 4.78 is 5.46. The number of amides is 1. The highest BCUT2D eigenvalue weighted by Gasteiger charge is 2.15. The average Bonchev–Trinajstić information content (AvgIpc) is 2.93. The molecule has 9 heteroatoms. The maximum atomic E-state index is 11.5. The number of ether oxygens (including phenoxy) is 1. The van der Waals surface area contributed by atoms with Crippen LogP contribution in [0.2, 0.25) is 0 Å². The molecule has 5 rings (SSSR count). The van der Waals surface area contributed by atoms with Crippen LogP contribution in [0.4, 0.5) is 11.5 Å². The van der Waals surface area contributed by atoms with E-state index >= 15 is 0 Å². The van der Waals surface area contributed by atoms with Gasteiger partial charge < -0.3 is 15.4 Å². The van der Waals surface area contributed by atoms with E-state index in [1.165, 1.54) is 12.1 Å². The van der Waals surface area contributed by atoms with E-state index in [1.807, 2.05) is 42.5 Å². The van der Waals surface area contributed by atoms with Crippen LogP contribution in [0.3, 0.4) is 0 Å². The fraction of sp³-hybridized carbons (Fsp3) is 0.148. The lowest BCUT2D eigenvalue weighted by molar-refractivity contribution is -0.384. The third-order valence-corrected chi connectivity index (χ3v) is 6.03. The zero-order chi connectivity index (χ0) is 25.1. The van der Waals surface area contributed by atoms with E-state index < -0.39 is 10.8 Å². The Morgan fingerprint density at radius 1 is 0.833 bits per heavy atom. The lowest BCUT2D eigenvalue weighted by atomic mass is 10.00. The van der Waals surface area contributed by atoms with Crippen molar-refractivity contribution in [1.29, 1.82) is 0 Å². The van der Waals surface area contributed by atoms with Gasteiger partial charge in [0.1, 0.15) is 5.82 Å². The molecule has 0 radical (unpaired) electrons. The van der Waals surface area contributed by atoms with Gasteiger partial charge >= 0.3 is 0 Å². The van der Waals surface area contributed by atoms with Crippen LogP contribution < -0.4 is 10.6 Å². The summed E-state index contributed by atoms with van der Waals surface area (Å²) in [7, 11) is 0. The molecule has 1 fully saturated rings. The summed E-state index contributed by atoms with van der Waals surface area (Å²) in [6, 6.07) is 23.0. The molecule has 4 aromatic rings. The zero-order valence-corrected chi connectivity index (χ0v) is 19.3. The Kier molecular flexibility index (Phi) is 6.38. The third-order valence-electron chi connectivity index (χ3n) is 6.03. The molecular formula is C27H23N5O4. The molecule has 0 aliphatic carbocycles. The van der Waals surface area contributed by atoms with E-state index in [1.54, 1.807) is 24.3 Å². The molecule has 2 aromatic heterocycles. The fourth-order valence-corrected chi connectivity index (χ4v) is 4.09. The second-order valence-corrected chi connectivity index (χ2v) is 8.35. The van der Waals surface area contributed by atoms with Gasteiger partial charge in [-0.1, -0.05) is 18.2 Å². The Morgan fingerprint density at radius 2 is 1.50 bits per heavy atom. The summed E-state index contributed by atoms with van der Waals surface area (Å²) in [5.74, 6) is 0.360. The molecular weight excluding hydrogens is 458 g/mol. The molecule has 1 amide bonds. The van der Waals surface area contributed by atoms with Gasteiger partial charge in [-0.15, -0.1) is 0 Å². The number of carbonyl (C=O) groups excluding carboxylic acids is 1. The highest BCUT2D eigenvalue weighted by atomic mass is 16.6. The predicted molar refractivity (Wildman–Crippen MR) is 137 cm³/mol. The van der Waals surface area contributed by atoms with Crippen molar-refractivity contribution in [1.82, 2.24) is 9.97 Å². The van der Waals surface area contributed by atoms with Gasteiger partial charge in [-0.05, 0) is 59.7 Å². The second kappa shape index (κ2) is 9.93. The van der Waals surface area contributed by atoms with Crippen molar-refractivity contribution in [2.24, 2.45) is 5.73 Å². The van der Waals surface area contributed by atoms with Crippen LogP contribution in [0.5, 0.6) is 0 Å². The molecule has 9 nitrogen and oxygen atoms in total. The lowest BCUT2D eigenvalue weighted by Gasteiger charge is -2.28. The number of morpholine rings is 1. The smallest absolute Gasteiger partial charge is 0.269 e. The predicted octanol–water partition coefficient (Wildman–Crippen LogP) is 4.32. The largest absolute Gasteiger partial charge is 0.378 e. The van der Waals surface area contributed by atoms with E-state index in [2.05, 4.69) is 4.90 Å². The van der Waals surface area contributed by atoms with Crippen LogP contribution in [0.25, 0.3) is 33.8 Å². The van der Waals surface area contributed by atoms with E-state index in [4.69, 9.17) is 20.4 Å². The van der Waals surface area contributed by atoms with Crippen LogP contribution in [-0.4, -0.2) is 47.1 Å². The van der Waals surface area contributed by atoms with Crippen molar-refractivity contribution in [3.05, 3.63) is 94.5 Å². The Bertz CT molecular complexity index is 1340. The van der Waals surface area contributed by atoms with Crippen LogP contribution in [0.15, 0.2) is 78.9 Å². The molecule has 0 unspecified atom stereocenters. The number of nitrogens with zero attached hydrogens (tertiary/aromatic N) is 4. The zero-order valence-electron chi connectivity index (χ0n) is 19.3. The van der Waals surface area contributed by atoms with Crippen LogP contribution in [-0.2, 0) is 4.74 Å². The minimum Gasteiger partial charge on any atom is -0.378 e. The average molecular weight is 482 g/mol. The van der Waals surface area contributed by atoms with Gasteiger partial charge in [-0.2, -0.15) is 0 Å². The summed E-state index contributed by atoms with van der Waals surface area (Å²) in [6.07, 6.45) is 0. The number of hydrogen-bond donors (Lipinski definition) is 1. The van der Waals surface area contributed by atoms with Gasteiger partial charge in [0.25, 0.3) is 5.69 Å². The Hall–Kier alpha value is -4.63. The molecule has 0 saturated carbocycles. The molecule has 0 atom stereocenters. The Balaban J connectivity index is 1.60. The first kappa shape index (κ1) is 23.1. The Morgan fingerprint density at radius 3 is 2.17 bits per heavy atom. The van der Waals surface area contributed by atoms with Gasteiger partial charge in [0.2, 0.25) is 5.91 Å². The summed E-state index contributed by atoms with van der Waals surface area (Å²) in [4.78, 5) is 34.1. The van der Waals surface area contributed by atoms with Crippen molar-refractivity contribution in [3.63, 3.8) is 0 Å². The Labute approximate surface area is 207 Å². The maximum absolute atomic E-state index is 11.5. The lowest BCUT2D eigenvalue weighted by Crippen LogP contribution is -2.36. The van der Waals surface area contributed by atoms with Crippen molar-refractivity contribution in [3.8, 4) is 33.8 Å². The minimum absolute atomic E-state index is 0.0112. The fourth-order valence-electron chi connectivity index (χ4n) is 4.09. The van der Waals surface area contributed by atoms with Crippen molar-refractivity contribution < 1.29 is 14.5 Å². The number of non-ortho nitro benzene ring substituents is 1. The standard InChI is InChI=1S/C27H23N5O4/c28-27(33)20-6-4-18(5-7-20)21-16-24(19-8-10-22(11-9-19)32(34)35)29-25(17-21)23-2-1-3-26(30-23)31-12-14-36-15-13-31/h1-11,16-17H,12-15H2,(H2,28,33). The molecule has 1 aliphatic heterocycles. The maximum Gasteiger partial charge on any atom is 0.269 e. The summed E-state index contributed by atoms with van der Waals surface area (Å²) in [6.45, 7) is 2.85. The van der Waals surface area contributed by atoms with Crippen LogP contribution >= 0.6 is 0 Å². The summed E-state index contributed by atoms with van der Waals surface area (Å²) in [5, 5.41) is 11.1. The SMILES string of the molecule is NC(=O)c1ccc(-c2cc(-c3ccc([N+](=O)[O-])cc3)nc(-c3cccc(N4CCOCC4)n3)c2)cc1. The molecule has 1 saturated heterocycles. The van der Waals surface area contributed by atoms with E-state index in [-0.39, 0.29) is 5.69 Å². The number of anilines is 1. The second-order valence-electron chi connectivity index (χ2n) is 8.35. The van der Waals surface area contributed by atoms with Crippen molar-refractivity contribution >= 4 is 17.4 Å². The van der Waals surface area contributed by atoms with E-state index in [0.29, 0.717) is 35.9 Å². The molecule has 2 N–H and O–H groups in total. The number of aromatic nitrogens is 2. The number of primary amides is 1. The molecule has 1 aliphatic rings. The number of nitro groups is 1. The third kappa shape index (κ3) is 4.91. The monoisotopic (exact) mass is 481 g/mol. The van der Waals surface area contributed by atoms with Gasteiger partial charge in [0.05, 0.1) is 35.2 Å². The van der Waals surface area contributed by atoms with Gasteiger partial charge in [0, 0.05) is 36.3 Å². The quantitative estimate of drug-likeness (QED) is 0.321. The topological polar surface area (TPSA) is 124 Å². The molecule has 2 aromatic carbocycles.